The highest BCUT2D eigenvalue weighted by molar-refractivity contribution is 5.99. The average molecular weight is 233 g/mol. The van der Waals surface area contributed by atoms with Gasteiger partial charge in [0.15, 0.2) is 0 Å². The van der Waals surface area contributed by atoms with E-state index in [4.69, 9.17) is 0 Å². The van der Waals surface area contributed by atoms with Gasteiger partial charge in [0, 0.05) is 12.0 Å². The number of carbonyl (C=O) groups excluding carboxylic acids is 1. The minimum absolute atomic E-state index is 0.0694. The van der Waals surface area contributed by atoms with Crippen molar-refractivity contribution in [2.24, 2.45) is 5.41 Å². The van der Waals surface area contributed by atoms with Crippen LogP contribution in [0.4, 0.5) is 5.69 Å². The average Bonchev–Trinajstić information content (AvgIpc) is 2.26. The van der Waals surface area contributed by atoms with Crippen molar-refractivity contribution < 1.29 is 9.90 Å². The lowest BCUT2D eigenvalue weighted by Crippen LogP contribution is -2.42. The van der Waals surface area contributed by atoms with Crippen molar-refractivity contribution >= 4 is 11.6 Å². The summed E-state index contributed by atoms with van der Waals surface area (Å²) in [5, 5.41) is 9.95. The number of fused-ring (bicyclic) bond motifs is 1. The third-order valence-electron chi connectivity index (χ3n) is 3.08. The minimum atomic E-state index is -0.420. The number of aromatic hydroxyl groups is 1. The van der Waals surface area contributed by atoms with Crippen LogP contribution in [0, 0.1) is 5.41 Å². The van der Waals surface area contributed by atoms with Crippen molar-refractivity contribution in [2.45, 2.75) is 33.6 Å². The predicted octanol–water partition coefficient (Wildman–Crippen LogP) is 2.72. The van der Waals surface area contributed by atoms with Gasteiger partial charge >= 0.3 is 0 Å². The summed E-state index contributed by atoms with van der Waals surface area (Å²) >= 11 is 0. The summed E-state index contributed by atoms with van der Waals surface area (Å²) in [6.07, 6.45) is 1.88. The molecule has 0 fully saturated rings. The number of nitrogens with zero attached hydrogens (tertiary/aromatic N) is 1. The van der Waals surface area contributed by atoms with E-state index in [1.807, 2.05) is 32.9 Å². The number of anilines is 1. The van der Waals surface area contributed by atoms with Crippen LogP contribution >= 0.6 is 0 Å². The monoisotopic (exact) mass is 233 g/mol. The molecule has 0 bridgehead atoms. The van der Waals surface area contributed by atoms with E-state index in [1.54, 1.807) is 11.0 Å². The van der Waals surface area contributed by atoms with E-state index in [0.717, 1.165) is 18.4 Å². The fraction of sp³-hybridized carbons (Fsp3) is 0.500. The normalized spacial score (nSPS) is 15.6. The Labute approximate surface area is 102 Å². The summed E-state index contributed by atoms with van der Waals surface area (Å²) in [7, 11) is 0. The first kappa shape index (κ1) is 12.0. The van der Waals surface area contributed by atoms with E-state index in [9.17, 15) is 9.90 Å². The molecule has 1 aliphatic rings. The van der Waals surface area contributed by atoms with Gasteiger partial charge in [-0.25, -0.2) is 0 Å². The molecule has 1 aromatic carbocycles. The number of rotatable bonds is 0. The molecule has 0 saturated heterocycles. The largest absolute Gasteiger partial charge is 0.506 e. The minimum Gasteiger partial charge on any atom is -0.506 e. The Bertz CT molecular complexity index is 446. The standard InChI is InChI=1S/C14H19NO2/c1-14(2,3)13(17)15-9-5-7-10-6-4-8-11(16)12(10)15/h4,6,8,16H,5,7,9H2,1-3H3. The second kappa shape index (κ2) is 4.06. The van der Waals surface area contributed by atoms with E-state index in [1.165, 1.54) is 0 Å². The Kier molecular flexibility index (Phi) is 2.86. The first-order chi connectivity index (χ1) is 7.91. The molecule has 1 heterocycles. The molecule has 0 unspecified atom stereocenters. The molecule has 1 N–H and O–H groups in total. The summed E-state index contributed by atoms with van der Waals surface area (Å²) in [4.78, 5) is 14.1. The number of amides is 1. The Morgan fingerprint density at radius 1 is 1.35 bits per heavy atom. The molecule has 1 aromatic rings. The SMILES string of the molecule is CC(C)(C)C(=O)N1CCCc2cccc(O)c21. The molecule has 3 heteroatoms. The molecule has 0 aliphatic carbocycles. The van der Waals surface area contributed by atoms with Crippen molar-refractivity contribution in [1.29, 1.82) is 0 Å². The van der Waals surface area contributed by atoms with Crippen molar-refractivity contribution in [1.82, 2.24) is 0 Å². The van der Waals surface area contributed by atoms with Gasteiger partial charge in [0.05, 0.1) is 5.69 Å². The van der Waals surface area contributed by atoms with Gasteiger partial charge < -0.3 is 10.0 Å². The van der Waals surface area contributed by atoms with Gasteiger partial charge in [-0.1, -0.05) is 32.9 Å². The van der Waals surface area contributed by atoms with Crippen LogP contribution in [0.2, 0.25) is 0 Å². The molecule has 2 rings (SSSR count). The van der Waals surface area contributed by atoms with E-state index >= 15 is 0 Å². The number of phenolic OH excluding ortho intramolecular Hbond substituents is 1. The number of carbonyl (C=O) groups is 1. The van der Waals surface area contributed by atoms with Gasteiger partial charge in [-0.05, 0) is 24.5 Å². The second-order valence-electron chi connectivity index (χ2n) is 5.60. The van der Waals surface area contributed by atoms with Crippen molar-refractivity contribution in [2.75, 3.05) is 11.4 Å². The highest BCUT2D eigenvalue weighted by Crippen LogP contribution is 2.37. The van der Waals surface area contributed by atoms with E-state index in [-0.39, 0.29) is 11.7 Å². The molecule has 0 spiro atoms. The predicted molar refractivity (Wildman–Crippen MR) is 68.2 cm³/mol. The molecule has 92 valence electrons. The highest BCUT2D eigenvalue weighted by atomic mass is 16.3. The Morgan fingerprint density at radius 2 is 2.06 bits per heavy atom. The molecule has 0 atom stereocenters. The molecule has 0 aromatic heterocycles. The van der Waals surface area contributed by atoms with Crippen molar-refractivity contribution in [3.63, 3.8) is 0 Å². The zero-order valence-corrected chi connectivity index (χ0v) is 10.7. The van der Waals surface area contributed by atoms with Crippen LogP contribution in [0.3, 0.4) is 0 Å². The number of phenols is 1. The van der Waals surface area contributed by atoms with Gasteiger partial charge in [0.25, 0.3) is 0 Å². The smallest absolute Gasteiger partial charge is 0.232 e. The Hall–Kier alpha value is -1.51. The lowest BCUT2D eigenvalue weighted by Gasteiger charge is -2.34. The maximum atomic E-state index is 12.3. The van der Waals surface area contributed by atoms with Crippen LogP contribution in [0.1, 0.15) is 32.8 Å². The molecular formula is C14H19NO2. The van der Waals surface area contributed by atoms with E-state index in [2.05, 4.69) is 0 Å². The molecule has 1 amide bonds. The lowest BCUT2D eigenvalue weighted by molar-refractivity contribution is -0.125. The Morgan fingerprint density at radius 3 is 2.71 bits per heavy atom. The molecule has 3 nitrogen and oxygen atoms in total. The summed E-state index contributed by atoms with van der Waals surface area (Å²) in [6.45, 7) is 6.41. The van der Waals surface area contributed by atoms with Crippen LogP contribution < -0.4 is 4.90 Å². The molecule has 0 radical (unpaired) electrons. The maximum absolute atomic E-state index is 12.3. The van der Waals surface area contributed by atoms with E-state index < -0.39 is 5.41 Å². The second-order valence-corrected chi connectivity index (χ2v) is 5.60. The highest BCUT2D eigenvalue weighted by Gasteiger charge is 2.32. The van der Waals surface area contributed by atoms with Crippen LogP contribution in [-0.2, 0) is 11.2 Å². The van der Waals surface area contributed by atoms with Crippen LogP contribution in [0.15, 0.2) is 18.2 Å². The quantitative estimate of drug-likeness (QED) is 0.748. The molecule has 1 aliphatic heterocycles. The first-order valence-corrected chi connectivity index (χ1v) is 6.04. The third kappa shape index (κ3) is 2.14. The number of benzene rings is 1. The summed E-state index contributed by atoms with van der Waals surface area (Å²) in [5.74, 6) is 0.278. The summed E-state index contributed by atoms with van der Waals surface area (Å²) < 4.78 is 0. The van der Waals surface area contributed by atoms with Crippen molar-refractivity contribution in [3.8, 4) is 5.75 Å². The zero-order chi connectivity index (χ0) is 12.6. The zero-order valence-electron chi connectivity index (χ0n) is 10.7. The summed E-state index contributed by atoms with van der Waals surface area (Å²) in [6, 6.07) is 5.46. The number of para-hydroxylation sites is 1. The van der Waals surface area contributed by atoms with Crippen LogP contribution in [0.25, 0.3) is 0 Å². The fourth-order valence-corrected chi connectivity index (χ4v) is 2.24. The number of hydrogen-bond donors (Lipinski definition) is 1. The van der Waals surface area contributed by atoms with Gasteiger partial charge in [0.2, 0.25) is 5.91 Å². The molecular weight excluding hydrogens is 214 g/mol. The topological polar surface area (TPSA) is 40.5 Å². The van der Waals surface area contributed by atoms with Gasteiger partial charge in [-0.2, -0.15) is 0 Å². The maximum Gasteiger partial charge on any atom is 0.232 e. The Balaban J connectivity index is 2.45. The first-order valence-electron chi connectivity index (χ1n) is 6.04. The number of aryl methyl sites for hydroxylation is 1. The summed E-state index contributed by atoms with van der Waals surface area (Å²) in [5.41, 5.74) is 1.35. The molecule has 0 saturated carbocycles. The third-order valence-corrected chi connectivity index (χ3v) is 3.08. The lowest BCUT2D eigenvalue weighted by atomic mass is 9.92. The van der Waals surface area contributed by atoms with E-state index in [0.29, 0.717) is 12.2 Å². The molecule has 17 heavy (non-hydrogen) atoms. The van der Waals surface area contributed by atoms with Gasteiger partial charge in [-0.15, -0.1) is 0 Å². The number of hydrogen-bond acceptors (Lipinski definition) is 2. The fourth-order valence-electron chi connectivity index (χ4n) is 2.24. The van der Waals surface area contributed by atoms with Gasteiger partial charge in [-0.3, -0.25) is 4.79 Å². The van der Waals surface area contributed by atoms with Gasteiger partial charge in [0.1, 0.15) is 5.75 Å². The van der Waals surface area contributed by atoms with Crippen molar-refractivity contribution in [3.05, 3.63) is 23.8 Å². The van der Waals surface area contributed by atoms with Crippen LogP contribution in [-0.4, -0.2) is 17.6 Å². The van der Waals surface area contributed by atoms with Crippen LogP contribution in [0.5, 0.6) is 5.75 Å².